The van der Waals surface area contributed by atoms with Gasteiger partial charge in [0.1, 0.15) is 0 Å². The maximum absolute atomic E-state index is 12.9. The highest BCUT2D eigenvalue weighted by Crippen LogP contribution is 2.33. The molecule has 0 spiro atoms. The Kier molecular flexibility index (Phi) is 5.77. The molecule has 1 aliphatic carbocycles. The van der Waals surface area contributed by atoms with Crippen molar-refractivity contribution in [2.75, 3.05) is 39.3 Å². The van der Waals surface area contributed by atoms with Gasteiger partial charge in [0.2, 0.25) is 11.8 Å². The van der Waals surface area contributed by atoms with E-state index >= 15 is 0 Å². The standard InChI is InChI=1S/C22H31N3O2/c26-21-16-19(17-25(21)20-9-10-20)22(27)24-13-5-12-23(14-15-24)11-4-8-18-6-2-1-3-7-18/h1-3,6-7,19-20H,4-5,8-17H2. The highest BCUT2D eigenvalue weighted by Gasteiger charge is 2.42. The van der Waals surface area contributed by atoms with Gasteiger partial charge in [-0.3, -0.25) is 9.59 Å². The van der Waals surface area contributed by atoms with Crippen molar-refractivity contribution >= 4 is 11.8 Å². The fraction of sp³-hybridized carbons (Fsp3) is 0.636. The van der Waals surface area contributed by atoms with Crippen LogP contribution in [-0.4, -0.2) is 71.8 Å². The van der Waals surface area contributed by atoms with Crippen LogP contribution < -0.4 is 0 Å². The molecule has 2 saturated heterocycles. The van der Waals surface area contributed by atoms with Crippen LogP contribution >= 0.6 is 0 Å². The van der Waals surface area contributed by atoms with Gasteiger partial charge in [-0.25, -0.2) is 0 Å². The van der Waals surface area contributed by atoms with Crippen LogP contribution in [0.15, 0.2) is 30.3 Å². The quantitative estimate of drug-likeness (QED) is 0.772. The lowest BCUT2D eigenvalue weighted by molar-refractivity contribution is -0.135. The van der Waals surface area contributed by atoms with Gasteiger partial charge >= 0.3 is 0 Å². The minimum atomic E-state index is -0.109. The molecule has 0 N–H and O–H groups in total. The van der Waals surface area contributed by atoms with E-state index < -0.39 is 0 Å². The molecular weight excluding hydrogens is 338 g/mol. The Labute approximate surface area is 162 Å². The molecule has 3 aliphatic rings. The molecule has 2 amide bonds. The van der Waals surface area contributed by atoms with Crippen LogP contribution in [0.4, 0.5) is 0 Å². The van der Waals surface area contributed by atoms with E-state index in [1.807, 2.05) is 9.80 Å². The second-order valence-corrected chi connectivity index (χ2v) is 8.29. The Morgan fingerprint density at radius 1 is 1.04 bits per heavy atom. The monoisotopic (exact) mass is 369 g/mol. The highest BCUT2D eigenvalue weighted by atomic mass is 16.2. The minimum Gasteiger partial charge on any atom is -0.341 e. The van der Waals surface area contributed by atoms with E-state index in [9.17, 15) is 9.59 Å². The van der Waals surface area contributed by atoms with Crippen LogP contribution in [0, 0.1) is 5.92 Å². The summed E-state index contributed by atoms with van der Waals surface area (Å²) in [5.74, 6) is 0.286. The number of rotatable bonds is 6. The summed E-state index contributed by atoms with van der Waals surface area (Å²) in [6.07, 6.45) is 5.96. The zero-order valence-electron chi connectivity index (χ0n) is 16.2. The van der Waals surface area contributed by atoms with Gasteiger partial charge in [-0.1, -0.05) is 30.3 Å². The van der Waals surface area contributed by atoms with Crippen molar-refractivity contribution in [3.63, 3.8) is 0 Å². The molecule has 1 atom stereocenters. The molecule has 1 unspecified atom stereocenters. The van der Waals surface area contributed by atoms with Crippen molar-refractivity contribution in [2.45, 2.75) is 44.6 Å². The smallest absolute Gasteiger partial charge is 0.228 e. The third-order valence-corrected chi connectivity index (χ3v) is 6.18. The Balaban J connectivity index is 1.22. The average Bonchev–Trinajstić information content (AvgIpc) is 3.48. The van der Waals surface area contributed by atoms with E-state index in [1.165, 1.54) is 5.56 Å². The number of likely N-dealkylation sites (tertiary alicyclic amines) is 1. The van der Waals surface area contributed by atoms with Gasteiger partial charge < -0.3 is 14.7 Å². The summed E-state index contributed by atoms with van der Waals surface area (Å²) in [6.45, 7) is 5.40. The Hall–Kier alpha value is -1.88. The molecule has 1 aromatic rings. The average molecular weight is 370 g/mol. The lowest BCUT2D eigenvalue weighted by atomic mass is 10.1. The van der Waals surface area contributed by atoms with Crippen molar-refractivity contribution in [3.8, 4) is 0 Å². The fourth-order valence-electron chi connectivity index (χ4n) is 4.46. The van der Waals surface area contributed by atoms with Crippen LogP contribution in [0.3, 0.4) is 0 Å². The van der Waals surface area contributed by atoms with Gasteiger partial charge in [-0.05, 0) is 50.8 Å². The van der Waals surface area contributed by atoms with Crippen LogP contribution in [0.2, 0.25) is 0 Å². The molecule has 146 valence electrons. The Bertz CT molecular complexity index is 659. The molecule has 2 aliphatic heterocycles. The molecule has 0 aromatic heterocycles. The predicted molar refractivity (Wildman–Crippen MR) is 105 cm³/mol. The molecule has 27 heavy (non-hydrogen) atoms. The van der Waals surface area contributed by atoms with Gasteiger partial charge in [-0.15, -0.1) is 0 Å². The van der Waals surface area contributed by atoms with Gasteiger partial charge in [0.05, 0.1) is 5.92 Å². The van der Waals surface area contributed by atoms with Crippen molar-refractivity contribution in [2.24, 2.45) is 5.92 Å². The van der Waals surface area contributed by atoms with Crippen molar-refractivity contribution in [3.05, 3.63) is 35.9 Å². The summed E-state index contributed by atoms with van der Waals surface area (Å²) in [7, 11) is 0. The predicted octanol–water partition coefficient (Wildman–Crippen LogP) is 2.16. The molecule has 1 aromatic carbocycles. The van der Waals surface area contributed by atoms with E-state index in [2.05, 4.69) is 35.2 Å². The number of nitrogens with zero attached hydrogens (tertiary/aromatic N) is 3. The van der Waals surface area contributed by atoms with E-state index in [4.69, 9.17) is 0 Å². The Morgan fingerprint density at radius 3 is 2.63 bits per heavy atom. The summed E-state index contributed by atoms with van der Waals surface area (Å²) in [5, 5.41) is 0. The summed E-state index contributed by atoms with van der Waals surface area (Å²) >= 11 is 0. The molecule has 0 radical (unpaired) electrons. The first-order valence-electron chi connectivity index (χ1n) is 10.6. The molecule has 1 saturated carbocycles. The zero-order chi connectivity index (χ0) is 18.6. The van der Waals surface area contributed by atoms with E-state index in [0.29, 0.717) is 19.0 Å². The normalized spacial score (nSPS) is 24.3. The number of aryl methyl sites for hydroxylation is 1. The lowest BCUT2D eigenvalue weighted by Crippen LogP contribution is -2.40. The first kappa shape index (κ1) is 18.5. The van der Waals surface area contributed by atoms with Crippen LogP contribution in [0.5, 0.6) is 0 Å². The molecule has 0 bridgehead atoms. The molecule has 5 heteroatoms. The SMILES string of the molecule is O=C(C1CC(=O)N(C2CC2)C1)N1CCCN(CCCc2ccccc2)CC1. The second-order valence-electron chi connectivity index (χ2n) is 8.29. The zero-order valence-corrected chi connectivity index (χ0v) is 16.2. The molecule has 5 nitrogen and oxygen atoms in total. The number of amides is 2. The van der Waals surface area contributed by atoms with Gasteiger partial charge in [0, 0.05) is 38.6 Å². The third-order valence-electron chi connectivity index (χ3n) is 6.18. The van der Waals surface area contributed by atoms with Gasteiger partial charge in [-0.2, -0.15) is 0 Å². The summed E-state index contributed by atoms with van der Waals surface area (Å²) in [4.78, 5) is 31.5. The highest BCUT2D eigenvalue weighted by molar-refractivity contribution is 5.89. The first-order valence-corrected chi connectivity index (χ1v) is 10.6. The fourth-order valence-corrected chi connectivity index (χ4v) is 4.46. The number of hydrogen-bond donors (Lipinski definition) is 0. The third kappa shape index (κ3) is 4.70. The van der Waals surface area contributed by atoms with Crippen LogP contribution in [0.25, 0.3) is 0 Å². The summed E-state index contributed by atoms with van der Waals surface area (Å²) in [5.41, 5.74) is 1.40. The van der Waals surface area contributed by atoms with E-state index in [-0.39, 0.29) is 17.7 Å². The molecular formula is C22H31N3O2. The largest absolute Gasteiger partial charge is 0.341 e. The Morgan fingerprint density at radius 2 is 1.85 bits per heavy atom. The summed E-state index contributed by atoms with van der Waals surface area (Å²) < 4.78 is 0. The van der Waals surface area contributed by atoms with Gasteiger partial charge in [0.15, 0.2) is 0 Å². The van der Waals surface area contributed by atoms with Crippen LogP contribution in [0.1, 0.15) is 37.7 Å². The van der Waals surface area contributed by atoms with E-state index in [0.717, 1.165) is 64.8 Å². The molecule has 3 fully saturated rings. The van der Waals surface area contributed by atoms with Crippen molar-refractivity contribution in [1.29, 1.82) is 0 Å². The number of benzene rings is 1. The molecule has 2 heterocycles. The lowest BCUT2D eigenvalue weighted by Gasteiger charge is -2.24. The first-order chi connectivity index (χ1) is 13.2. The van der Waals surface area contributed by atoms with Crippen LogP contribution in [-0.2, 0) is 16.0 Å². The molecule has 4 rings (SSSR count). The number of carbonyl (C=O) groups is 2. The maximum atomic E-state index is 12.9. The topological polar surface area (TPSA) is 43.9 Å². The number of carbonyl (C=O) groups excluding carboxylic acids is 2. The maximum Gasteiger partial charge on any atom is 0.228 e. The minimum absolute atomic E-state index is 0.109. The van der Waals surface area contributed by atoms with E-state index in [1.54, 1.807) is 0 Å². The van der Waals surface area contributed by atoms with Crippen molar-refractivity contribution in [1.82, 2.24) is 14.7 Å². The van der Waals surface area contributed by atoms with Crippen molar-refractivity contribution < 1.29 is 9.59 Å². The number of hydrogen-bond acceptors (Lipinski definition) is 3. The van der Waals surface area contributed by atoms with Gasteiger partial charge in [0.25, 0.3) is 0 Å². The summed E-state index contributed by atoms with van der Waals surface area (Å²) in [6, 6.07) is 11.1. The second kappa shape index (κ2) is 8.42.